The van der Waals surface area contributed by atoms with Gasteiger partial charge in [-0.2, -0.15) is 4.31 Å². The van der Waals surface area contributed by atoms with Gasteiger partial charge in [-0.25, -0.2) is 8.42 Å². The summed E-state index contributed by atoms with van der Waals surface area (Å²) in [6.45, 7) is 3.69. The van der Waals surface area contributed by atoms with E-state index in [2.05, 4.69) is 10.5 Å². The van der Waals surface area contributed by atoms with E-state index >= 15 is 0 Å². The molecular weight excluding hydrogens is 318 g/mol. The predicted molar refractivity (Wildman–Crippen MR) is 85.4 cm³/mol. The number of carbonyl (C=O) groups is 1. The van der Waals surface area contributed by atoms with E-state index in [1.165, 1.54) is 17.8 Å². The van der Waals surface area contributed by atoms with E-state index in [9.17, 15) is 13.2 Å². The highest BCUT2D eigenvalue weighted by Crippen LogP contribution is 2.24. The van der Waals surface area contributed by atoms with Crippen LogP contribution >= 0.6 is 0 Å². The lowest BCUT2D eigenvalue weighted by atomic mass is 9.89. The van der Waals surface area contributed by atoms with Gasteiger partial charge in [-0.05, 0) is 26.7 Å². The Morgan fingerprint density at radius 1 is 1.30 bits per heavy atom. The van der Waals surface area contributed by atoms with Crippen molar-refractivity contribution < 1.29 is 17.7 Å². The minimum Gasteiger partial charge on any atom is -0.360 e. The van der Waals surface area contributed by atoms with Gasteiger partial charge in [0.2, 0.25) is 15.9 Å². The van der Waals surface area contributed by atoms with Gasteiger partial charge in [-0.3, -0.25) is 4.79 Å². The van der Waals surface area contributed by atoms with Gasteiger partial charge in [-0.15, -0.1) is 0 Å². The molecule has 0 unspecified atom stereocenters. The van der Waals surface area contributed by atoms with Crippen LogP contribution in [0.2, 0.25) is 0 Å². The SMILES string of the molecule is Cc1noc(C)c1S(=O)(=O)N(C)CCNC(=O)C1CCCCC1. The fraction of sp³-hybridized carbons (Fsp3) is 0.733. The Bertz CT molecular complexity index is 628. The first-order valence-electron chi connectivity index (χ1n) is 8.01. The van der Waals surface area contributed by atoms with Crippen LogP contribution in [0.25, 0.3) is 0 Å². The van der Waals surface area contributed by atoms with Crippen molar-refractivity contribution in [3.8, 4) is 0 Å². The second kappa shape index (κ2) is 7.44. The number of amides is 1. The van der Waals surface area contributed by atoms with Crippen molar-refractivity contribution in [1.82, 2.24) is 14.8 Å². The number of aryl methyl sites for hydroxylation is 2. The quantitative estimate of drug-likeness (QED) is 0.847. The molecule has 8 heteroatoms. The summed E-state index contributed by atoms with van der Waals surface area (Å²) >= 11 is 0. The van der Waals surface area contributed by atoms with Gasteiger partial charge in [0.1, 0.15) is 10.6 Å². The average molecular weight is 343 g/mol. The summed E-state index contributed by atoms with van der Waals surface area (Å²) in [6.07, 6.45) is 5.25. The highest BCUT2D eigenvalue weighted by atomic mass is 32.2. The van der Waals surface area contributed by atoms with Crippen LogP contribution in [0, 0.1) is 19.8 Å². The van der Waals surface area contributed by atoms with E-state index in [1.807, 2.05) is 0 Å². The van der Waals surface area contributed by atoms with Crippen LogP contribution in [0.5, 0.6) is 0 Å². The molecule has 1 heterocycles. The maximum absolute atomic E-state index is 12.5. The molecule has 1 amide bonds. The molecule has 0 saturated heterocycles. The van der Waals surface area contributed by atoms with Crippen LogP contribution in [0.15, 0.2) is 9.42 Å². The molecule has 0 bridgehead atoms. The van der Waals surface area contributed by atoms with E-state index in [4.69, 9.17) is 4.52 Å². The topological polar surface area (TPSA) is 92.5 Å². The molecule has 1 aromatic rings. The van der Waals surface area contributed by atoms with E-state index in [0.717, 1.165) is 25.7 Å². The molecule has 1 aromatic heterocycles. The zero-order valence-electron chi connectivity index (χ0n) is 14.0. The van der Waals surface area contributed by atoms with Crippen LogP contribution in [0.4, 0.5) is 0 Å². The molecule has 0 spiro atoms. The number of carbonyl (C=O) groups excluding carboxylic acids is 1. The first kappa shape index (κ1) is 17.9. The Hall–Kier alpha value is -1.41. The number of nitrogens with one attached hydrogen (secondary N) is 1. The summed E-state index contributed by atoms with van der Waals surface area (Å²) < 4.78 is 31.2. The van der Waals surface area contributed by atoms with E-state index in [-0.39, 0.29) is 29.0 Å². The number of likely N-dealkylation sites (N-methyl/N-ethyl adjacent to an activating group) is 1. The van der Waals surface area contributed by atoms with Crippen molar-refractivity contribution in [3.63, 3.8) is 0 Å². The van der Waals surface area contributed by atoms with Crippen LogP contribution in [-0.4, -0.2) is 43.9 Å². The van der Waals surface area contributed by atoms with E-state index < -0.39 is 10.0 Å². The van der Waals surface area contributed by atoms with Gasteiger partial charge in [-0.1, -0.05) is 24.4 Å². The smallest absolute Gasteiger partial charge is 0.248 e. The molecule has 1 aliphatic rings. The number of aromatic nitrogens is 1. The van der Waals surface area contributed by atoms with Gasteiger partial charge in [0.25, 0.3) is 0 Å². The van der Waals surface area contributed by atoms with Crippen molar-refractivity contribution in [2.75, 3.05) is 20.1 Å². The lowest BCUT2D eigenvalue weighted by Gasteiger charge is -2.22. The Balaban J connectivity index is 1.89. The summed E-state index contributed by atoms with van der Waals surface area (Å²) in [4.78, 5) is 12.2. The lowest BCUT2D eigenvalue weighted by Crippen LogP contribution is -2.39. The summed E-state index contributed by atoms with van der Waals surface area (Å²) in [6, 6.07) is 0. The molecular formula is C15H25N3O4S. The third-order valence-corrected chi connectivity index (χ3v) is 6.44. The molecule has 0 aromatic carbocycles. The number of nitrogens with zero attached hydrogens (tertiary/aromatic N) is 2. The third kappa shape index (κ3) is 4.11. The first-order valence-corrected chi connectivity index (χ1v) is 9.45. The van der Waals surface area contributed by atoms with Crippen molar-refractivity contribution in [2.45, 2.75) is 50.8 Å². The zero-order valence-corrected chi connectivity index (χ0v) is 14.8. The molecule has 130 valence electrons. The molecule has 23 heavy (non-hydrogen) atoms. The van der Waals surface area contributed by atoms with Crippen LogP contribution in [-0.2, 0) is 14.8 Å². The largest absolute Gasteiger partial charge is 0.360 e. The molecule has 2 rings (SSSR count). The summed E-state index contributed by atoms with van der Waals surface area (Å²) in [5, 5.41) is 6.53. The van der Waals surface area contributed by atoms with Gasteiger partial charge in [0.15, 0.2) is 5.76 Å². The molecule has 0 aliphatic heterocycles. The van der Waals surface area contributed by atoms with Crippen molar-refractivity contribution >= 4 is 15.9 Å². The number of rotatable bonds is 6. The van der Waals surface area contributed by atoms with Crippen LogP contribution in [0.3, 0.4) is 0 Å². The molecule has 1 aliphatic carbocycles. The maximum atomic E-state index is 12.5. The van der Waals surface area contributed by atoms with Crippen molar-refractivity contribution in [3.05, 3.63) is 11.5 Å². The average Bonchev–Trinajstić information content (AvgIpc) is 2.87. The minimum absolute atomic E-state index is 0.0350. The monoisotopic (exact) mass is 343 g/mol. The number of sulfonamides is 1. The van der Waals surface area contributed by atoms with Gasteiger partial charge >= 0.3 is 0 Å². The highest BCUT2D eigenvalue weighted by Gasteiger charge is 2.28. The Morgan fingerprint density at radius 3 is 2.52 bits per heavy atom. The summed E-state index contributed by atoms with van der Waals surface area (Å²) in [5.41, 5.74) is 0.348. The van der Waals surface area contributed by atoms with E-state index in [0.29, 0.717) is 12.2 Å². The summed E-state index contributed by atoms with van der Waals surface area (Å²) in [7, 11) is -2.16. The fourth-order valence-corrected chi connectivity index (χ4v) is 4.42. The van der Waals surface area contributed by atoms with Crippen molar-refractivity contribution in [1.29, 1.82) is 0 Å². The maximum Gasteiger partial charge on any atom is 0.248 e. The van der Waals surface area contributed by atoms with Gasteiger partial charge in [0.05, 0.1) is 0 Å². The van der Waals surface area contributed by atoms with Gasteiger partial charge in [0, 0.05) is 26.1 Å². The highest BCUT2D eigenvalue weighted by molar-refractivity contribution is 7.89. The first-order chi connectivity index (χ1) is 10.8. The molecule has 1 saturated carbocycles. The second-order valence-electron chi connectivity index (χ2n) is 6.11. The molecule has 7 nitrogen and oxygen atoms in total. The molecule has 1 N–H and O–H groups in total. The standard InChI is InChI=1S/C15H25N3O4S/c1-11-14(12(2)22-17-11)23(20,21)18(3)10-9-16-15(19)13-7-5-4-6-8-13/h13H,4-10H2,1-3H3,(H,16,19). The fourth-order valence-electron chi connectivity index (χ4n) is 2.96. The third-order valence-electron chi connectivity index (χ3n) is 4.34. The Morgan fingerprint density at radius 2 is 1.96 bits per heavy atom. The Labute approximate surface area is 137 Å². The minimum atomic E-state index is -3.65. The number of hydrogen-bond donors (Lipinski definition) is 1. The normalized spacial score (nSPS) is 16.7. The molecule has 0 radical (unpaired) electrons. The van der Waals surface area contributed by atoms with Crippen molar-refractivity contribution in [2.24, 2.45) is 5.92 Å². The molecule has 0 atom stereocenters. The van der Waals surface area contributed by atoms with E-state index in [1.54, 1.807) is 13.8 Å². The van der Waals surface area contributed by atoms with Gasteiger partial charge < -0.3 is 9.84 Å². The van der Waals surface area contributed by atoms with Crippen LogP contribution in [0.1, 0.15) is 43.6 Å². The molecule has 1 fully saturated rings. The van der Waals surface area contributed by atoms with Crippen LogP contribution < -0.4 is 5.32 Å². The predicted octanol–water partition coefficient (Wildman–Crippen LogP) is 1.61. The summed E-state index contributed by atoms with van der Waals surface area (Å²) in [5.74, 6) is 0.390. The number of hydrogen-bond acceptors (Lipinski definition) is 5. The zero-order chi connectivity index (χ0) is 17.0. The lowest BCUT2D eigenvalue weighted by molar-refractivity contribution is -0.125. The second-order valence-corrected chi connectivity index (χ2v) is 8.09. The Kier molecular flexibility index (Phi) is 5.80.